The first kappa shape index (κ1) is 24.7. The van der Waals surface area contributed by atoms with Crippen molar-refractivity contribution in [2.75, 3.05) is 19.7 Å². The van der Waals surface area contributed by atoms with Gasteiger partial charge in [0, 0.05) is 12.5 Å². The van der Waals surface area contributed by atoms with Crippen LogP contribution in [0.5, 0.6) is 0 Å². The predicted molar refractivity (Wildman–Crippen MR) is 130 cm³/mol. The summed E-state index contributed by atoms with van der Waals surface area (Å²) in [5, 5.41) is 22.4. The van der Waals surface area contributed by atoms with Gasteiger partial charge in [-0.25, -0.2) is 9.59 Å². The molecule has 1 fully saturated rings. The van der Waals surface area contributed by atoms with Gasteiger partial charge >= 0.3 is 12.1 Å². The number of likely N-dealkylation sites (tertiary alicyclic amines) is 1. The van der Waals surface area contributed by atoms with Crippen molar-refractivity contribution in [1.82, 2.24) is 10.2 Å². The maximum Gasteiger partial charge on any atom is 0.407 e. The lowest BCUT2D eigenvalue weighted by Gasteiger charge is -2.38. The number of fused-ring (bicyclic) bond motifs is 3. The van der Waals surface area contributed by atoms with Crippen LogP contribution >= 0.6 is 0 Å². The van der Waals surface area contributed by atoms with E-state index in [-0.39, 0.29) is 31.4 Å². The van der Waals surface area contributed by atoms with E-state index < -0.39 is 29.6 Å². The van der Waals surface area contributed by atoms with E-state index in [1.54, 1.807) is 0 Å². The number of amides is 2. The van der Waals surface area contributed by atoms with E-state index in [1.807, 2.05) is 50.2 Å². The Bertz CT molecular complexity index is 1070. The molecule has 8 nitrogen and oxygen atoms in total. The molecule has 0 saturated carbocycles. The second kappa shape index (κ2) is 10.1. The lowest BCUT2D eigenvalue weighted by Crippen LogP contribution is -2.58. The summed E-state index contributed by atoms with van der Waals surface area (Å²) in [6.45, 7) is 4.02. The van der Waals surface area contributed by atoms with E-state index in [1.165, 1.54) is 4.90 Å². The molecule has 3 N–H and O–H groups in total. The van der Waals surface area contributed by atoms with E-state index in [9.17, 15) is 24.6 Å². The van der Waals surface area contributed by atoms with Crippen LogP contribution in [0, 0.1) is 5.92 Å². The highest BCUT2D eigenvalue weighted by Gasteiger charge is 2.43. The first-order chi connectivity index (χ1) is 16.7. The number of carbonyl (C=O) groups is 3. The number of hydrogen-bond donors (Lipinski definition) is 3. The number of rotatable bonds is 7. The van der Waals surface area contributed by atoms with Crippen molar-refractivity contribution >= 4 is 18.0 Å². The van der Waals surface area contributed by atoms with E-state index in [2.05, 4.69) is 17.4 Å². The Balaban J connectivity index is 1.43. The molecule has 186 valence electrons. The Labute approximate surface area is 204 Å². The molecule has 1 saturated heterocycles. The van der Waals surface area contributed by atoms with Crippen LogP contribution in [0.1, 0.15) is 50.2 Å². The van der Waals surface area contributed by atoms with Gasteiger partial charge in [-0.15, -0.1) is 0 Å². The van der Waals surface area contributed by atoms with E-state index in [0.717, 1.165) is 22.3 Å². The highest BCUT2D eigenvalue weighted by molar-refractivity contribution is 5.87. The summed E-state index contributed by atoms with van der Waals surface area (Å²) in [7, 11) is 0. The lowest BCUT2D eigenvalue weighted by molar-refractivity contribution is -0.167. The molecule has 1 unspecified atom stereocenters. The molecule has 1 aliphatic heterocycles. The first-order valence-electron chi connectivity index (χ1n) is 12.1. The zero-order valence-electron chi connectivity index (χ0n) is 20.1. The van der Waals surface area contributed by atoms with Gasteiger partial charge in [-0.3, -0.25) is 4.79 Å². The van der Waals surface area contributed by atoms with Crippen LogP contribution in [0.25, 0.3) is 11.1 Å². The Kier molecular flexibility index (Phi) is 7.12. The number of ether oxygens (including phenoxy) is 1. The third-order valence-electron chi connectivity index (χ3n) is 6.82. The molecule has 0 bridgehead atoms. The van der Waals surface area contributed by atoms with Crippen molar-refractivity contribution < 1.29 is 29.3 Å². The maximum atomic E-state index is 13.2. The molecule has 0 radical (unpaired) electrons. The van der Waals surface area contributed by atoms with Crippen LogP contribution in [0.4, 0.5) is 4.79 Å². The van der Waals surface area contributed by atoms with Crippen LogP contribution in [0.2, 0.25) is 0 Å². The molecule has 0 aromatic heterocycles. The summed E-state index contributed by atoms with van der Waals surface area (Å²) in [6, 6.07) is 15.2. The van der Waals surface area contributed by atoms with Gasteiger partial charge in [0.25, 0.3) is 0 Å². The molecule has 2 aromatic carbocycles. The molecule has 1 aliphatic carbocycles. The van der Waals surface area contributed by atoms with Gasteiger partial charge in [0.1, 0.15) is 12.6 Å². The van der Waals surface area contributed by atoms with E-state index in [4.69, 9.17) is 4.74 Å². The fourth-order valence-electron chi connectivity index (χ4n) is 5.09. The number of nitrogens with zero attached hydrogens (tertiary/aromatic N) is 1. The monoisotopic (exact) mass is 480 g/mol. The number of carbonyl (C=O) groups excluding carboxylic acids is 2. The second-order valence-electron chi connectivity index (χ2n) is 9.85. The van der Waals surface area contributed by atoms with Crippen LogP contribution in [0.15, 0.2) is 48.5 Å². The van der Waals surface area contributed by atoms with Crippen molar-refractivity contribution in [2.45, 2.75) is 50.7 Å². The van der Waals surface area contributed by atoms with E-state index >= 15 is 0 Å². The summed E-state index contributed by atoms with van der Waals surface area (Å²) >= 11 is 0. The van der Waals surface area contributed by atoms with Crippen LogP contribution in [0.3, 0.4) is 0 Å². The molecule has 35 heavy (non-hydrogen) atoms. The molecule has 2 aliphatic rings. The van der Waals surface area contributed by atoms with E-state index in [0.29, 0.717) is 19.4 Å². The van der Waals surface area contributed by atoms with Crippen molar-refractivity contribution in [1.29, 1.82) is 0 Å². The molecule has 4 rings (SSSR count). The van der Waals surface area contributed by atoms with Crippen molar-refractivity contribution in [2.24, 2.45) is 5.92 Å². The maximum absolute atomic E-state index is 13.2. The number of piperidine rings is 1. The molecular weight excluding hydrogens is 448 g/mol. The van der Waals surface area contributed by atoms with Crippen molar-refractivity contribution in [3.8, 4) is 11.1 Å². The predicted octanol–water partition coefficient (Wildman–Crippen LogP) is 3.38. The van der Waals surface area contributed by atoms with Gasteiger partial charge in [-0.2, -0.15) is 0 Å². The lowest BCUT2D eigenvalue weighted by atomic mass is 9.92. The van der Waals surface area contributed by atoms with Gasteiger partial charge in [0.2, 0.25) is 5.91 Å². The molecule has 2 aromatic rings. The fourth-order valence-corrected chi connectivity index (χ4v) is 5.09. The highest BCUT2D eigenvalue weighted by atomic mass is 16.5. The van der Waals surface area contributed by atoms with Gasteiger partial charge in [-0.05, 0) is 47.4 Å². The molecule has 2 atom stereocenters. The third kappa shape index (κ3) is 5.17. The van der Waals surface area contributed by atoms with Gasteiger partial charge in [-0.1, -0.05) is 62.4 Å². The summed E-state index contributed by atoms with van der Waals surface area (Å²) in [5.74, 6) is -1.76. The Morgan fingerprint density at radius 1 is 1.09 bits per heavy atom. The number of β-amino-alcohol motifs (C(OH)–C–C–N with tert-alkyl or cyclic N) is 1. The minimum atomic E-state index is -1.97. The number of aliphatic hydroxyl groups is 1. The zero-order valence-corrected chi connectivity index (χ0v) is 20.1. The quantitative estimate of drug-likeness (QED) is 0.560. The summed E-state index contributed by atoms with van der Waals surface area (Å²) < 4.78 is 5.60. The number of hydrogen-bond acceptors (Lipinski definition) is 5. The largest absolute Gasteiger partial charge is 0.479 e. The topological polar surface area (TPSA) is 116 Å². The normalized spacial score (nSPS) is 20.2. The first-order valence-corrected chi connectivity index (χ1v) is 12.1. The van der Waals surface area contributed by atoms with Crippen molar-refractivity contribution in [3.05, 3.63) is 59.7 Å². The summed E-state index contributed by atoms with van der Waals surface area (Å²) in [5.41, 5.74) is 2.47. The number of carboxylic acids is 1. The number of aliphatic carboxylic acids is 1. The number of carboxylic acid groups (broad SMARTS) is 1. The fraction of sp³-hybridized carbons (Fsp3) is 0.444. The Morgan fingerprint density at radius 3 is 2.26 bits per heavy atom. The van der Waals surface area contributed by atoms with Crippen LogP contribution in [-0.4, -0.2) is 64.4 Å². The number of alkyl carbamates (subject to hydrolysis) is 1. The van der Waals surface area contributed by atoms with Crippen molar-refractivity contribution in [3.63, 3.8) is 0 Å². The third-order valence-corrected chi connectivity index (χ3v) is 6.82. The molecule has 2 amide bonds. The Morgan fingerprint density at radius 2 is 1.69 bits per heavy atom. The summed E-state index contributed by atoms with van der Waals surface area (Å²) in [4.78, 5) is 38.8. The van der Waals surface area contributed by atoms with Gasteiger partial charge < -0.3 is 25.2 Å². The molecule has 0 spiro atoms. The minimum Gasteiger partial charge on any atom is -0.479 e. The molecular formula is C27H32N2O6. The van der Waals surface area contributed by atoms with Gasteiger partial charge in [0.15, 0.2) is 5.60 Å². The Hall–Kier alpha value is -3.39. The summed E-state index contributed by atoms with van der Waals surface area (Å²) in [6.07, 6.45) is 0.121. The minimum absolute atomic E-state index is 0.0841. The highest BCUT2D eigenvalue weighted by Crippen LogP contribution is 2.44. The number of nitrogens with one attached hydrogen (secondary N) is 1. The van der Waals surface area contributed by atoms with Gasteiger partial charge in [0.05, 0.1) is 6.54 Å². The average molecular weight is 481 g/mol. The molecule has 8 heteroatoms. The standard InChI is InChI=1S/C27H32N2O6/c1-17(2)14-23(24(30)29-13-7-12-27(34,16-29)25(31)32)28-26(33)35-15-22-20-10-5-3-8-18(20)19-9-4-6-11-21(19)22/h3-6,8-11,17,22-23,34H,7,12-16H2,1-2H3,(H,28,33)(H,31,32)/t23-,27?/m1/s1. The van der Waals surface area contributed by atoms with Crippen LogP contribution < -0.4 is 5.32 Å². The zero-order chi connectivity index (χ0) is 25.2. The second-order valence-corrected chi connectivity index (χ2v) is 9.85. The molecule has 1 heterocycles. The SMILES string of the molecule is CC(C)C[C@@H](NC(=O)OCC1c2ccccc2-c2ccccc21)C(=O)N1CCCC(O)(C(=O)O)C1. The smallest absolute Gasteiger partial charge is 0.407 e. The van der Waals surface area contributed by atoms with Crippen LogP contribution in [-0.2, 0) is 14.3 Å². The average Bonchev–Trinajstić information content (AvgIpc) is 3.15. The number of benzene rings is 2.